The van der Waals surface area contributed by atoms with Gasteiger partial charge in [-0.05, 0) is 42.0 Å². The molecule has 0 aliphatic rings. The largest absolute Gasteiger partial charge is 0.492 e. The lowest BCUT2D eigenvalue weighted by Gasteiger charge is -2.09. The van der Waals surface area contributed by atoms with Gasteiger partial charge in [-0.1, -0.05) is 12.1 Å². The molecular weight excluding hydrogens is 288 g/mol. The van der Waals surface area contributed by atoms with Gasteiger partial charge in [0.1, 0.15) is 24.7 Å². The second-order valence-corrected chi connectivity index (χ2v) is 4.21. The lowest BCUT2D eigenvalue weighted by molar-refractivity contribution is 0.302. The van der Waals surface area contributed by atoms with Gasteiger partial charge in [0.05, 0.1) is 11.6 Å². The van der Waals surface area contributed by atoms with Crippen molar-refractivity contribution in [1.82, 2.24) is 0 Å². The van der Waals surface area contributed by atoms with Gasteiger partial charge >= 0.3 is 0 Å². The standard InChI is InChI=1S/C16H16N2O2.ClH/c17-8-9-19-16-3-1-2-14(10-16)12-20-15-6-4-13(11-18)5-7-15;/h1-7,10H,8-9,12,17H2;1H. The first-order chi connectivity index (χ1) is 9.81. The number of nitriles is 1. The highest BCUT2D eigenvalue weighted by molar-refractivity contribution is 5.85. The number of nitrogens with two attached hydrogens (primary N) is 1. The number of benzene rings is 2. The molecular formula is C16H17ClN2O2. The third kappa shape index (κ3) is 5.35. The van der Waals surface area contributed by atoms with Gasteiger partial charge < -0.3 is 15.2 Å². The van der Waals surface area contributed by atoms with Crippen molar-refractivity contribution in [3.8, 4) is 17.6 Å². The predicted octanol–water partition coefficient (Wildman–Crippen LogP) is 2.90. The van der Waals surface area contributed by atoms with Crippen LogP contribution in [-0.4, -0.2) is 13.2 Å². The van der Waals surface area contributed by atoms with Crippen LogP contribution in [0.1, 0.15) is 11.1 Å². The van der Waals surface area contributed by atoms with Crippen LogP contribution in [0.3, 0.4) is 0 Å². The van der Waals surface area contributed by atoms with Crippen molar-refractivity contribution in [3.05, 3.63) is 59.7 Å². The van der Waals surface area contributed by atoms with Crippen LogP contribution in [0, 0.1) is 11.3 Å². The molecule has 2 rings (SSSR count). The first kappa shape index (κ1) is 16.8. The third-order valence-electron chi connectivity index (χ3n) is 2.67. The Kier molecular flexibility index (Phi) is 7.10. The van der Waals surface area contributed by atoms with Crippen LogP contribution in [-0.2, 0) is 6.61 Å². The van der Waals surface area contributed by atoms with Gasteiger partial charge in [0, 0.05) is 6.54 Å². The highest BCUT2D eigenvalue weighted by Gasteiger charge is 1.99. The van der Waals surface area contributed by atoms with E-state index in [-0.39, 0.29) is 12.4 Å². The van der Waals surface area contributed by atoms with Gasteiger partial charge in [-0.25, -0.2) is 0 Å². The van der Waals surface area contributed by atoms with Gasteiger partial charge in [0.25, 0.3) is 0 Å². The van der Waals surface area contributed by atoms with Gasteiger partial charge in [0.2, 0.25) is 0 Å². The summed E-state index contributed by atoms with van der Waals surface area (Å²) >= 11 is 0. The van der Waals surface area contributed by atoms with Crippen molar-refractivity contribution in [2.45, 2.75) is 6.61 Å². The molecule has 0 saturated carbocycles. The van der Waals surface area contributed by atoms with Gasteiger partial charge in [0.15, 0.2) is 0 Å². The fraction of sp³-hybridized carbons (Fsp3) is 0.188. The van der Waals surface area contributed by atoms with Crippen LogP contribution < -0.4 is 15.2 Å². The normalized spacial score (nSPS) is 9.33. The average molecular weight is 305 g/mol. The molecule has 0 heterocycles. The minimum Gasteiger partial charge on any atom is -0.492 e. The molecule has 0 unspecified atom stereocenters. The van der Waals surface area contributed by atoms with Crippen molar-refractivity contribution in [3.63, 3.8) is 0 Å². The zero-order valence-corrected chi connectivity index (χ0v) is 12.3. The molecule has 0 atom stereocenters. The van der Waals surface area contributed by atoms with Crippen molar-refractivity contribution in [2.75, 3.05) is 13.2 Å². The zero-order valence-electron chi connectivity index (χ0n) is 11.5. The topological polar surface area (TPSA) is 68.3 Å². The molecule has 0 fully saturated rings. The van der Waals surface area contributed by atoms with E-state index >= 15 is 0 Å². The Morgan fingerprint density at radius 2 is 1.76 bits per heavy atom. The smallest absolute Gasteiger partial charge is 0.119 e. The Balaban J connectivity index is 0.00000220. The van der Waals surface area contributed by atoms with Crippen molar-refractivity contribution < 1.29 is 9.47 Å². The van der Waals surface area contributed by atoms with Crippen LogP contribution in [0.2, 0.25) is 0 Å². The van der Waals surface area contributed by atoms with Crippen LogP contribution in [0.25, 0.3) is 0 Å². The Morgan fingerprint density at radius 3 is 2.43 bits per heavy atom. The van der Waals surface area contributed by atoms with E-state index in [9.17, 15) is 0 Å². The van der Waals surface area contributed by atoms with E-state index in [0.29, 0.717) is 25.3 Å². The number of nitrogens with zero attached hydrogens (tertiary/aromatic N) is 1. The molecule has 0 aliphatic heterocycles. The summed E-state index contributed by atoms with van der Waals surface area (Å²) in [4.78, 5) is 0. The van der Waals surface area contributed by atoms with E-state index in [1.807, 2.05) is 24.3 Å². The number of hydrogen-bond donors (Lipinski definition) is 1. The lowest BCUT2D eigenvalue weighted by atomic mass is 10.2. The van der Waals surface area contributed by atoms with Crippen molar-refractivity contribution >= 4 is 12.4 Å². The zero-order chi connectivity index (χ0) is 14.2. The summed E-state index contributed by atoms with van der Waals surface area (Å²) in [7, 11) is 0. The van der Waals surface area contributed by atoms with Gasteiger partial charge in [-0.15, -0.1) is 12.4 Å². The fourth-order valence-electron chi connectivity index (χ4n) is 1.69. The molecule has 0 aromatic heterocycles. The van der Waals surface area contributed by atoms with Crippen LogP contribution >= 0.6 is 12.4 Å². The molecule has 0 spiro atoms. The minimum atomic E-state index is 0. The maximum atomic E-state index is 8.72. The molecule has 2 aromatic carbocycles. The molecule has 21 heavy (non-hydrogen) atoms. The second-order valence-electron chi connectivity index (χ2n) is 4.21. The van der Waals surface area contributed by atoms with Crippen LogP contribution in [0.5, 0.6) is 11.5 Å². The van der Waals surface area contributed by atoms with Crippen molar-refractivity contribution in [2.24, 2.45) is 5.73 Å². The summed E-state index contributed by atoms with van der Waals surface area (Å²) in [5, 5.41) is 8.72. The second kappa shape index (κ2) is 8.85. The Hall–Kier alpha value is -2.22. The average Bonchev–Trinajstić information content (AvgIpc) is 2.52. The highest BCUT2D eigenvalue weighted by Crippen LogP contribution is 2.17. The molecule has 0 saturated heterocycles. The summed E-state index contributed by atoms with van der Waals surface area (Å²) in [6.07, 6.45) is 0. The Bertz CT molecular complexity index is 594. The lowest BCUT2D eigenvalue weighted by Crippen LogP contribution is -2.10. The molecule has 0 amide bonds. The van der Waals surface area contributed by atoms with E-state index in [2.05, 4.69) is 6.07 Å². The Morgan fingerprint density at radius 1 is 1.00 bits per heavy atom. The van der Waals surface area contributed by atoms with Crippen molar-refractivity contribution in [1.29, 1.82) is 5.26 Å². The molecule has 110 valence electrons. The quantitative estimate of drug-likeness (QED) is 0.891. The van der Waals surface area contributed by atoms with Gasteiger partial charge in [-0.3, -0.25) is 0 Å². The van der Waals surface area contributed by atoms with Crippen LogP contribution in [0.15, 0.2) is 48.5 Å². The first-order valence-electron chi connectivity index (χ1n) is 6.36. The Labute approximate surface area is 130 Å². The molecule has 4 nitrogen and oxygen atoms in total. The first-order valence-corrected chi connectivity index (χ1v) is 6.36. The van der Waals surface area contributed by atoms with E-state index in [4.69, 9.17) is 20.5 Å². The van der Waals surface area contributed by atoms with Gasteiger partial charge in [-0.2, -0.15) is 5.26 Å². The predicted molar refractivity (Wildman–Crippen MR) is 83.7 cm³/mol. The molecule has 0 radical (unpaired) electrons. The summed E-state index contributed by atoms with van der Waals surface area (Å²) in [6.45, 7) is 1.44. The monoisotopic (exact) mass is 304 g/mol. The summed E-state index contributed by atoms with van der Waals surface area (Å²) in [6, 6.07) is 16.8. The molecule has 0 aliphatic carbocycles. The maximum Gasteiger partial charge on any atom is 0.119 e. The number of hydrogen-bond acceptors (Lipinski definition) is 4. The van der Waals surface area contributed by atoms with E-state index in [1.165, 1.54) is 0 Å². The van der Waals surface area contributed by atoms with E-state index in [1.54, 1.807) is 24.3 Å². The summed E-state index contributed by atoms with van der Waals surface area (Å²) in [5.41, 5.74) is 7.04. The molecule has 0 bridgehead atoms. The minimum absolute atomic E-state index is 0. The number of ether oxygens (including phenoxy) is 2. The SMILES string of the molecule is Cl.N#Cc1ccc(OCc2cccc(OCCN)c2)cc1. The molecule has 5 heteroatoms. The van der Waals surface area contributed by atoms with E-state index < -0.39 is 0 Å². The molecule has 2 N–H and O–H groups in total. The number of halogens is 1. The summed E-state index contributed by atoms with van der Waals surface area (Å²) in [5.74, 6) is 1.52. The van der Waals surface area contributed by atoms with E-state index in [0.717, 1.165) is 17.1 Å². The maximum absolute atomic E-state index is 8.72. The van der Waals surface area contributed by atoms with Crippen LogP contribution in [0.4, 0.5) is 0 Å². The third-order valence-corrected chi connectivity index (χ3v) is 2.67. The number of rotatable bonds is 6. The fourth-order valence-corrected chi connectivity index (χ4v) is 1.69. The highest BCUT2D eigenvalue weighted by atomic mass is 35.5. The summed E-state index contributed by atoms with van der Waals surface area (Å²) < 4.78 is 11.1. The molecule has 2 aromatic rings.